The molecule has 2 aromatic rings. The summed E-state index contributed by atoms with van der Waals surface area (Å²) >= 11 is 3.36. The second-order valence-corrected chi connectivity index (χ2v) is 6.80. The van der Waals surface area contributed by atoms with Crippen molar-refractivity contribution in [3.63, 3.8) is 0 Å². The molecule has 1 N–H and O–H groups in total. The molecule has 0 spiro atoms. The Bertz CT molecular complexity index is 999. The van der Waals surface area contributed by atoms with Crippen molar-refractivity contribution in [2.45, 2.75) is 6.10 Å². The minimum Gasteiger partial charge on any atom is -0.465 e. The summed E-state index contributed by atoms with van der Waals surface area (Å²) in [5.41, 5.74) is 4.32. The first-order chi connectivity index (χ1) is 13.0. The number of amides is 2. The van der Waals surface area contributed by atoms with Crippen LogP contribution in [0.1, 0.15) is 15.9 Å². The third-order valence-electron chi connectivity index (χ3n) is 4.37. The molecule has 1 saturated heterocycles. The highest BCUT2D eigenvalue weighted by atomic mass is 79.9. The van der Waals surface area contributed by atoms with E-state index in [0.717, 1.165) is 9.37 Å². The first-order valence-corrected chi connectivity index (χ1v) is 8.79. The lowest BCUT2D eigenvalue weighted by atomic mass is 10.1. The number of rotatable bonds is 3. The number of halogens is 1. The fourth-order valence-electron chi connectivity index (χ4n) is 3.10. The third kappa shape index (κ3) is 2.73. The lowest BCUT2D eigenvalue weighted by Gasteiger charge is -2.18. The Balaban J connectivity index is 1.81. The number of carbonyl (C=O) groups is 3. The maximum atomic E-state index is 13.1. The van der Waals surface area contributed by atoms with E-state index in [0.29, 0.717) is 11.3 Å². The van der Waals surface area contributed by atoms with Gasteiger partial charge in [0.2, 0.25) is 0 Å². The van der Waals surface area contributed by atoms with Gasteiger partial charge < -0.3 is 4.74 Å². The molecule has 2 aromatic carbocycles. The van der Waals surface area contributed by atoms with Crippen LogP contribution >= 0.6 is 15.9 Å². The van der Waals surface area contributed by atoms with Crippen molar-refractivity contribution in [3.8, 4) is 0 Å². The predicted octanol–water partition coefficient (Wildman–Crippen LogP) is 2.42. The summed E-state index contributed by atoms with van der Waals surface area (Å²) in [5, 5.41) is 0. The molecule has 7 nitrogen and oxygen atoms in total. The van der Waals surface area contributed by atoms with Crippen molar-refractivity contribution in [2.75, 3.05) is 12.0 Å². The average Bonchev–Trinajstić information content (AvgIpc) is 3.22. The molecule has 27 heavy (non-hydrogen) atoms. The van der Waals surface area contributed by atoms with Gasteiger partial charge in [-0.25, -0.2) is 9.69 Å². The van der Waals surface area contributed by atoms with Crippen molar-refractivity contribution in [1.29, 1.82) is 0 Å². The molecule has 2 aliphatic heterocycles. The molecule has 0 aromatic heterocycles. The van der Waals surface area contributed by atoms with Crippen molar-refractivity contribution in [2.24, 2.45) is 0 Å². The Morgan fingerprint density at radius 3 is 2.56 bits per heavy atom. The topological polar surface area (TPSA) is 84.9 Å². The molecule has 2 aliphatic rings. The monoisotopic (exact) mass is 428 g/mol. The minimum absolute atomic E-state index is 0.125. The number of anilines is 1. The lowest BCUT2D eigenvalue weighted by molar-refractivity contribution is -0.127. The summed E-state index contributed by atoms with van der Waals surface area (Å²) in [4.78, 5) is 44.3. The normalized spacial score (nSPS) is 18.6. The van der Waals surface area contributed by atoms with Crippen LogP contribution in [0.5, 0.6) is 0 Å². The van der Waals surface area contributed by atoms with Crippen LogP contribution in [0.2, 0.25) is 0 Å². The molecule has 2 heterocycles. The second kappa shape index (κ2) is 6.64. The molecule has 136 valence electrons. The zero-order valence-electron chi connectivity index (χ0n) is 14.1. The smallest absolute Gasteiger partial charge is 0.339 e. The zero-order chi connectivity index (χ0) is 19.1. The molecular formula is C19H13BrN2O5. The number of hydrogen-bond acceptors (Lipinski definition) is 6. The highest BCUT2D eigenvalue weighted by Crippen LogP contribution is 2.37. The van der Waals surface area contributed by atoms with Crippen molar-refractivity contribution in [1.82, 2.24) is 5.48 Å². The maximum absolute atomic E-state index is 13.1. The van der Waals surface area contributed by atoms with Crippen LogP contribution in [0.25, 0.3) is 5.70 Å². The van der Waals surface area contributed by atoms with Gasteiger partial charge in [0, 0.05) is 10.0 Å². The van der Waals surface area contributed by atoms with Crippen molar-refractivity contribution >= 4 is 45.1 Å². The zero-order valence-corrected chi connectivity index (χ0v) is 15.6. The number of carbonyl (C=O) groups excluding carboxylic acids is 3. The standard InChI is InChI=1S/C19H13BrN2O5/c1-26-19(25)12-4-2-3-5-13(12)22-17(23)14-15(21-27-16(14)18(22)24)10-6-8-11(20)9-7-10/h2-9,16,21H,1H3/t16-/m1/s1. The van der Waals surface area contributed by atoms with Crippen LogP contribution in [0.4, 0.5) is 5.69 Å². The van der Waals surface area contributed by atoms with Crippen molar-refractivity contribution in [3.05, 3.63) is 69.7 Å². The van der Waals surface area contributed by atoms with Gasteiger partial charge in [-0.15, -0.1) is 0 Å². The number of nitrogens with one attached hydrogen (secondary N) is 1. The van der Waals surface area contributed by atoms with E-state index in [1.54, 1.807) is 24.3 Å². The first-order valence-electron chi connectivity index (χ1n) is 8.00. The summed E-state index contributed by atoms with van der Waals surface area (Å²) < 4.78 is 5.64. The van der Waals surface area contributed by atoms with E-state index in [2.05, 4.69) is 21.4 Å². The highest BCUT2D eigenvalue weighted by molar-refractivity contribution is 9.10. The molecule has 0 aliphatic carbocycles. The fraction of sp³-hybridized carbons (Fsp3) is 0.105. The number of nitrogens with zero attached hydrogens (tertiary/aromatic N) is 1. The number of para-hydroxylation sites is 1. The van der Waals surface area contributed by atoms with Gasteiger partial charge in [-0.2, -0.15) is 0 Å². The SMILES string of the molecule is COC(=O)c1ccccc1N1C(=O)C2=C(c3ccc(Br)cc3)NO[C@H]2C1=O. The maximum Gasteiger partial charge on any atom is 0.339 e. The third-order valence-corrected chi connectivity index (χ3v) is 4.90. The molecule has 0 saturated carbocycles. The van der Waals surface area contributed by atoms with Gasteiger partial charge in [0.25, 0.3) is 11.8 Å². The molecule has 4 rings (SSSR count). The van der Waals surface area contributed by atoms with E-state index in [-0.39, 0.29) is 16.8 Å². The largest absolute Gasteiger partial charge is 0.465 e. The summed E-state index contributed by atoms with van der Waals surface area (Å²) in [6.07, 6.45) is -1.07. The Kier molecular flexibility index (Phi) is 4.29. The molecule has 1 fully saturated rings. The van der Waals surface area contributed by atoms with Crippen molar-refractivity contribution < 1.29 is 24.0 Å². The average molecular weight is 429 g/mol. The van der Waals surface area contributed by atoms with E-state index in [9.17, 15) is 14.4 Å². The van der Waals surface area contributed by atoms with Crippen LogP contribution in [-0.4, -0.2) is 31.0 Å². The predicted molar refractivity (Wildman–Crippen MR) is 99.3 cm³/mol. The van der Waals surface area contributed by atoms with Gasteiger partial charge in [0.1, 0.15) is 0 Å². The Morgan fingerprint density at radius 2 is 1.85 bits per heavy atom. The van der Waals surface area contributed by atoms with Gasteiger partial charge in [0.05, 0.1) is 29.6 Å². The van der Waals surface area contributed by atoms with E-state index in [1.807, 2.05) is 12.1 Å². The van der Waals surface area contributed by atoms with E-state index in [1.165, 1.54) is 19.2 Å². The number of esters is 1. The first kappa shape index (κ1) is 17.4. The quantitative estimate of drug-likeness (QED) is 0.596. The van der Waals surface area contributed by atoms with Crippen LogP contribution in [0.3, 0.4) is 0 Å². The number of benzene rings is 2. The number of hydrogen-bond donors (Lipinski definition) is 1. The Labute approximate surface area is 162 Å². The molecule has 1 atom stereocenters. The van der Waals surface area contributed by atoms with Gasteiger partial charge in [-0.05, 0) is 24.3 Å². The van der Waals surface area contributed by atoms with Gasteiger partial charge >= 0.3 is 5.97 Å². The summed E-state index contributed by atoms with van der Waals surface area (Å²) in [6, 6.07) is 13.5. The van der Waals surface area contributed by atoms with Crippen LogP contribution in [0.15, 0.2) is 58.6 Å². The van der Waals surface area contributed by atoms with Gasteiger partial charge in [-0.3, -0.25) is 19.9 Å². The molecule has 0 radical (unpaired) electrons. The van der Waals surface area contributed by atoms with Crippen LogP contribution in [0, 0.1) is 0 Å². The second-order valence-electron chi connectivity index (χ2n) is 5.88. The molecule has 0 bridgehead atoms. The van der Waals surface area contributed by atoms with E-state index < -0.39 is 23.9 Å². The van der Waals surface area contributed by atoms with Crippen LogP contribution < -0.4 is 10.4 Å². The fourth-order valence-corrected chi connectivity index (χ4v) is 3.37. The summed E-state index contributed by atoms with van der Waals surface area (Å²) in [6.45, 7) is 0. The van der Waals surface area contributed by atoms with E-state index >= 15 is 0 Å². The van der Waals surface area contributed by atoms with Gasteiger partial charge in [0.15, 0.2) is 6.10 Å². The number of hydroxylamine groups is 1. The summed E-state index contributed by atoms with van der Waals surface area (Å²) in [5.74, 6) is -1.74. The minimum atomic E-state index is -1.07. The Morgan fingerprint density at radius 1 is 1.15 bits per heavy atom. The number of ether oxygens (including phenoxy) is 1. The molecule has 8 heteroatoms. The van der Waals surface area contributed by atoms with Gasteiger partial charge in [-0.1, -0.05) is 40.2 Å². The molecule has 2 amide bonds. The molecular weight excluding hydrogens is 416 g/mol. The van der Waals surface area contributed by atoms with E-state index in [4.69, 9.17) is 9.57 Å². The van der Waals surface area contributed by atoms with Crippen LogP contribution in [-0.2, 0) is 19.2 Å². The Hall–Kier alpha value is -2.97. The molecule has 0 unspecified atom stereocenters. The lowest BCUT2D eigenvalue weighted by Crippen LogP contribution is -2.35. The number of methoxy groups -OCH3 is 1. The number of fused-ring (bicyclic) bond motifs is 1. The summed E-state index contributed by atoms with van der Waals surface area (Å²) in [7, 11) is 1.24. The number of imide groups is 1. The highest BCUT2D eigenvalue weighted by Gasteiger charge is 2.51.